The van der Waals surface area contributed by atoms with Crippen molar-refractivity contribution in [2.75, 3.05) is 47.0 Å². The molecule has 1 aliphatic rings. The number of piperazine rings is 1. The van der Waals surface area contributed by atoms with E-state index in [0.29, 0.717) is 39.2 Å². The molecule has 1 heterocycles. The maximum Gasteiger partial charge on any atom is 0.409 e. The lowest BCUT2D eigenvalue weighted by Crippen LogP contribution is -2.50. The van der Waals surface area contributed by atoms with Crippen LogP contribution >= 0.6 is 0 Å². The topological polar surface area (TPSA) is 59.1 Å². The van der Waals surface area contributed by atoms with Crippen molar-refractivity contribution < 1.29 is 19.1 Å². The summed E-state index contributed by atoms with van der Waals surface area (Å²) in [4.78, 5) is 26.2. The summed E-state index contributed by atoms with van der Waals surface area (Å²) < 4.78 is 9.46. The minimum absolute atomic E-state index is 0.0753. The Morgan fingerprint density at radius 1 is 1.06 bits per heavy atom. The summed E-state index contributed by atoms with van der Waals surface area (Å²) in [5.41, 5.74) is 0. The Labute approximate surface area is 95.1 Å². The van der Waals surface area contributed by atoms with Gasteiger partial charge in [-0.15, -0.1) is 0 Å². The van der Waals surface area contributed by atoms with E-state index in [1.807, 2.05) is 0 Å². The number of amides is 2. The van der Waals surface area contributed by atoms with Gasteiger partial charge < -0.3 is 19.3 Å². The summed E-state index contributed by atoms with van der Waals surface area (Å²) in [6.45, 7) is 2.64. The molecule has 1 saturated heterocycles. The van der Waals surface area contributed by atoms with E-state index < -0.39 is 0 Å². The monoisotopic (exact) mass is 230 g/mol. The van der Waals surface area contributed by atoms with E-state index in [1.165, 1.54) is 7.11 Å². The normalized spacial score (nSPS) is 16.1. The van der Waals surface area contributed by atoms with Crippen LogP contribution in [0.25, 0.3) is 0 Å². The first-order valence-electron chi connectivity index (χ1n) is 5.28. The average Bonchev–Trinajstić information content (AvgIpc) is 2.35. The van der Waals surface area contributed by atoms with Gasteiger partial charge in [-0.25, -0.2) is 4.79 Å². The van der Waals surface area contributed by atoms with Gasteiger partial charge in [-0.3, -0.25) is 4.79 Å². The highest BCUT2D eigenvalue weighted by Gasteiger charge is 2.23. The largest absolute Gasteiger partial charge is 0.453 e. The van der Waals surface area contributed by atoms with E-state index in [0.717, 1.165) is 0 Å². The maximum absolute atomic E-state index is 11.6. The molecule has 0 bridgehead atoms. The molecule has 0 unspecified atom stereocenters. The predicted molar refractivity (Wildman–Crippen MR) is 57.1 cm³/mol. The molecule has 0 atom stereocenters. The summed E-state index contributed by atoms with van der Waals surface area (Å²) in [6, 6.07) is 0. The van der Waals surface area contributed by atoms with Crippen molar-refractivity contribution in [2.24, 2.45) is 0 Å². The number of ether oxygens (including phenoxy) is 2. The van der Waals surface area contributed by atoms with Crippen LogP contribution in [0.5, 0.6) is 0 Å². The lowest BCUT2D eigenvalue weighted by atomic mass is 10.3. The number of carbonyl (C=O) groups excluding carboxylic acids is 2. The van der Waals surface area contributed by atoms with Gasteiger partial charge in [0.25, 0.3) is 0 Å². The Balaban J connectivity index is 2.31. The molecule has 0 aromatic rings. The van der Waals surface area contributed by atoms with Crippen molar-refractivity contribution in [3.05, 3.63) is 0 Å². The quantitative estimate of drug-likeness (QED) is 0.681. The molecule has 6 heteroatoms. The summed E-state index contributed by atoms with van der Waals surface area (Å²) in [7, 11) is 2.93. The van der Waals surface area contributed by atoms with E-state index in [2.05, 4.69) is 4.74 Å². The molecular weight excluding hydrogens is 212 g/mol. The van der Waals surface area contributed by atoms with E-state index in [9.17, 15) is 9.59 Å². The highest BCUT2D eigenvalue weighted by atomic mass is 16.5. The third kappa shape index (κ3) is 3.37. The van der Waals surface area contributed by atoms with Gasteiger partial charge in [-0.05, 0) is 0 Å². The van der Waals surface area contributed by atoms with Crippen LogP contribution in [0.4, 0.5) is 4.79 Å². The fraction of sp³-hybridized carbons (Fsp3) is 0.800. The van der Waals surface area contributed by atoms with Gasteiger partial charge in [0.05, 0.1) is 20.1 Å². The fourth-order valence-corrected chi connectivity index (χ4v) is 1.62. The first-order chi connectivity index (χ1) is 7.69. The highest BCUT2D eigenvalue weighted by molar-refractivity contribution is 5.76. The summed E-state index contributed by atoms with van der Waals surface area (Å²) in [6.07, 6.45) is 0.0679. The number of nitrogens with zero attached hydrogens (tertiary/aromatic N) is 2. The fourth-order valence-electron chi connectivity index (χ4n) is 1.62. The zero-order chi connectivity index (χ0) is 12.0. The van der Waals surface area contributed by atoms with Gasteiger partial charge in [0.2, 0.25) is 5.91 Å². The van der Waals surface area contributed by atoms with Crippen molar-refractivity contribution in [1.82, 2.24) is 9.80 Å². The zero-order valence-corrected chi connectivity index (χ0v) is 9.77. The number of hydrogen-bond donors (Lipinski definition) is 0. The number of methoxy groups -OCH3 is 2. The van der Waals surface area contributed by atoms with Crippen molar-refractivity contribution in [1.29, 1.82) is 0 Å². The molecular formula is C10H18N2O4. The number of hydrogen-bond acceptors (Lipinski definition) is 4. The summed E-state index contributed by atoms with van der Waals surface area (Å²) >= 11 is 0. The van der Waals surface area contributed by atoms with Crippen LogP contribution in [0.15, 0.2) is 0 Å². The van der Waals surface area contributed by atoms with Crippen LogP contribution in [-0.2, 0) is 14.3 Å². The maximum atomic E-state index is 11.6. The average molecular weight is 230 g/mol. The molecule has 0 radical (unpaired) electrons. The van der Waals surface area contributed by atoms with E-state index >= 15 is 0 Å². The molecule has 0 spiro atoms. The van der Waals surface area contributed by atoms with Gasteiger partial charge >= 0.3 is 6.09 Å². The summed E-state index contributed by atoms with van der Waals surface area (Å²) in [5.74, 6) is 0.0753. The van der Waals surface area contributed by atoms with Crippen LogP contribution in [0.1, 0.15) is 6.42 Å². The van der Waals surface area contributed by atoms with Crippen LogP contribution in [-0.4, -0.2) is 68.8 Å². The molecule has 1 fully saturated rings. The lowest BCUT2D eigenvalue weighted by Gasteiger charge is -2.33. The van der Waals surface area contributed by atoms with E-state index in [4.69, 9.17) is 4.74 Å². The van der Waals surface area contributed by atoms with Crippen molar-refractivity contribution in [3.63, 3.8) is 0 Å². The van der Waals surface area contributed by atoms with Crippen molar-refractivity contribution in [3.8, 4) is 0 Å². The molecule has 0 N–H and O–H groups in total. The predicted octanol–water partition coefficient (Wildman–Crippen LogP) is -0.0665. The Kier molecular flexibility index (Phi) is 5.04. The minimum Gasteiger partial charge on any atom is -0.453 e. The van der Waals surface area contributed by atoms with Gasteiger partial charge in [0.1, 0.15) is 0 Å². The first-order valence-corrected chi connectivity index (χ1v) is 5.28. The molecule has 1 rings (SSSR count). The van der Waals surface area contributed by atoms with Crippen molar-refractivity contribution >= 4 is 12.0 Å². The van der Waals surface area contributed by atoms with Crippen LogP contribution < -0.4 is 0 Å². The Morgan fingerprint density at radius 2 is 1.62 bits per heavy atom. The molecule has 0 aromatic heterocycles. The van der Waals surface area contributed by atoms with Gasteiger partial charge in [0, 0.05) is 33.3 Å². The number of carbonyl (C=O) groups is 2. The summed E-state index contributed by atoms with van der Waals surface area (Å²) in [5, 5.41) is 0. The molecule has 92 valence electrons. The second-order valence-corrected chi connectivity index (χ2v) is 3.58. The van der Waals surface area contributed by atoms with Gasteiger partial charge in [-0.1, -0.05) is 0 Å². The van der Waals surface area contributed by atoms with Crippen molar-refractivity contribution in [2.45, 2.75) is 6.42 Å². The van der Waals surface area contributed by atoms with Crippen LogP contribution in [0.2, 0.25) is 0 Å². The second kappa shape index (κ2) is 6.32. The van der Waals surface area contributed by atoms with E-state index in [-0.39, 0.29) is 12.0 Å². The Bertz CT molecular complexity index is 249. The highest BCUT2D eigenvalue weighted by Crippen LogP contribution is 2.05. The Hall–Kier alpha value is -1.30. The SMILES string of the molecule is COCCC(=O)N1CCN(C(=O)OC)CC1. The zero-order valence-electron chi connectivity index (χ0n) is 9.77. The molecule has 0 aromatic carbocycles. The molecule has 1 aliphatic heterocycles. The lowest BCUT2D eigenvalue weighted by molar-refractivity contribution is -0.133. The molecule has 16 heavy (non-hydrogen) atoms. The second-order valence-electron chi connectivity index (χ2n) is 3.58. The van der Waals surface area contributed by atoms with Crippen LogP contribution in [0, 0.1) is 0 Å². The molecule has 6 nitrogen and oxygen atoms in total. The van der Waals surface area contributed by atoms with Gasteiger partial charge in [0.15, 0.2) is 0 Å². The number of rotatable bonds is 3. The molecule has 2 amide bonds. The van der Waals surface area contributed by atoms with Gasteiger partial charge in [-0.2, -0.15) is 0 Å². The third-order valence-electron chi connectivity index (χ3n) is 2.59. The Morgan fingerprint density at radius 3 is 2.12 bits per heavy atom. The standard InChI is InChI=1S/C10H18N2O4/c1-15-8-3-9(13)11-4-6-12(7-5-11)10(14)16-2/h3-8H2,1-2H3. The molecule has 0 saturated carbocycles. The van der Waals surface area contributed by atoms with E-state index in [1.54, 1.807) is 16.9 Å². The first kappa shape index (κ1) is 12.8. The minimum atomic E-state index is -0.330. The third-order valence-corrected chi connectivity index (χ3v) is 2.59. The molecule has 0 aliphatic carbocycles. The van der Waals surface area contributed by atoms with Crippen LogP contribution in [0.3, 0.4) is 0 Å². The smallest absolute Gasteiger partial charge is 0.409 e.